The summed E-state index contributed by atoms with van der Waals surface area (Å²) >= 11 is 0. The Morgan fingerprint density at radius 3 is 2.25 bits per heavy atom. The summed E-state index contributed by atoms with van der Waals surface area (Å²) in [5, 5.41) is 4.28. The first-order valence-electron chi connectivity index (χ1n) is 5.28. The minimum atomic E-state index is -0.230. The Labute approximate surface area is 94.7 Å². The fourth-order valence-electron chi connectivity index (χ4n) is 1.45. The van der Waals surface area contributed by atoms with E-state index >= 15 is 0 Å². The number of benzene rings is 1. The van der Waals surface area contributed by atoms with Crippen LogP contribution >= 0.6 is 0 Å². The normalized spacial score (nSPS) is 11.8. The fourth-order valence-corrected chi connectivity index (χ4v) is 1.45. The molecular weight excluding hydrogens is 203 g/mol. The molecule has 0 fully saturated rings. The molecule has 2 aromatic rings. The van der Waals surface area contributed by atoms with Gasteiger partial charge in [-0.15, -0.1) is 0 Å². The third-order valence-electron chi connectivity index (χ3n) is 2.54. The topological polar surface area (TPSA) is 17.8 Å². The van der Waals surface area contributed by atoms with E-state index in [1.54, 1.807) is 16.8 Å². The summed E-state index contributed by atoms with van der Waals surface area (Å²) in [7, 11) is 0. The van der Waals surface area contributed by atoms with E-state index in [-0.39, 0.29) is 11.2 Å². The highest BCUT2D eigenvalue weighted by Crippen LogP contribution is 2.22. The molecule has 0 unspecified atom stereocenters. The molecule has 1 aromatic carbocycles. The van der Waals surface area contributed by atoms with Crippen molar-refractivity contribution in [2.24, 2.45) is 0 Å². The second-order valence-corrected chi connectivity index (χ2v) is 4.90. The van der Waals surface area contributed by atoms with Gasteiger partial charge in [0.2, 0.25) is 0 Å². The van der Waals surface area contributed by atoms with Crippen molar-refractivity contribution in [1.29, 1.82) is 0 Å². The monoisotopic (exact) mass is 218 g/mol. The van der Waals surface area contributed by atoms with Crippen LogP contribution in [-0.4, -0.2) is 9.78 Å². The number of rotatable bonds is 1. The molecular formula is C13H15FN2. The third kappa shape index (κ3) is 2.13. The molecule has 0 aliphatic heterocycles. The number of aromatic nitrogens is 2. The average Bonchev–Trinajstić information content (AvgIpc) is 2.67. The van der Waals surface area contributed by atoms with Crippen LogP contribution in [0.4, 0.5) is 4.39 Å². The lowest BCUT2D eigenvalue weighted by Gasteiger charge is -2.14. The van der Waals surface area contributed by atoms with E-state index in [9.17, 15) is 4.39 Å². The number of halogens is 1. The first kappa shape index (κ1) is 10.9. The maximum Gasteiger partial charge on any atom is 0.123 e. The van der Waals surface area contributed by atoms with Crippen molar-refractivity contribution in [3.63, 3.8) is 0 Å². The molecule has 0 aliphatic carbocycles. The van der Waals surface area contributed by atoms with Crippen molar-refractivity contribution in [3.05, 3.63) is 48.0 Å². The largest absolute Gasteiger partial charge is 0.241 e. The van der Waals surface area contributed by atoms with Gasteiger partial charge in [-0.3, -0.25) is 0 Å². The molecule has 0 spiro atoms. The van der Waals surface area contributed by atoms with Crippen LogP contribution in [0.15, 0.2) is 36.7 Å². The lowest BCUT2D eigenvalue weighted by molar-refractivity contribution is 0.590. The molecule has 0 bridgehead atoms. The molecule has 0 atom stereocenters. The quantitative estimate of drug-likeness (QED) is 0.718. The number of nitrogens with zero attached hydrogens (tertiary/aromatic N) is 2. The van der Waals surface area contributed by atoms with E-state index in [0.717, 1.165) is 11.3 Å². The summed E-state index contributed by atoms with van der Waals surface area (Å²) in [5.74, 6) is -0.230. The van der Waals surface area contributed by atoms with Gasteiger partial charge in [-0.25, -0.2) is 9.07 Å². The summed E-state index contributed by atoms with van der Waals surface area (Å²) in [5.41, 5.74) is 2.12. The van der Waals surface area contributed by atoms with Gasteiger partial charge in [-0.2, -0.15) is 5.10 Å². The summed E-state index contributed by atoms with van der Waals surface area (Å²) in [6.45, 7) is 6.41. The molecule has 16 heavy (non-hydrogen) atoms. The maximum atomic E-state index is 12.8. The van der Waals surface area contributed by atoms with Crippen molar-refractivity contribution in [3.8, 4) is 5.69 Å². The molecule has 1 aromatic heterocycles. The highest BCUT2D eigenvalue weighted by atomic mass is 19.1. The van der Waals surface area contributed by atoms with Crippen LogP contribution in [0.3, 0.4) is 0 Å². The van der Waals surface area contributed by atoms with Crippen molar-refractivity contribution in [1.82, 2.24) is 9.78 Å². The predicted octanol–water partition coefficient (Wildman–Crippen LogP) is 3.31. The van der Waals surface area contributed by atoms with Crippen LogP contribution in [0, 0.1) is 5.82 Å². The summed E-state index contributed by atoms with van der Waals surface area (Å²) in [4.78, 5) is 0. The second-order valence-electron chi connectivity index (χ2n) is 4.90. The van der Waals surface area contributed by atoms with Gasteiger partial charge >= 0.3 is 0 Å². The Bertz CT molecular complexity index is 477. The molecule has 0 saturated carbocycles. The van der Waals surface area contributed by atoms with Crippen molar-refractivity contribution >= 4 is 0 Å². The van der Waals surface area contributed by atoms with Gasteiger partial charge in [0.25, 0.3) is 0 Å². The first-order chi connectivity index (χ1) is 7.47. The summed E-state index contributed by atoms with van der Waals surface area (Å²) in [6.07, 6.45) is 3.83. The Morgan fingerprint density at radius 2 is 1.75 bits per heavy atom. The summed E-state index contributed by atoms with van der Waals surface area (Å²) in [6, 6.07) is 6.31. The Hall–Kier alpha value is -1.64. The fraction of sp³-hybridized carbons (Fsp3) is 0.308. The van der Waals surface area contributed by atoms with Crippen LogP contribution in [0.2, 0.25) is 0 Å². The molecule has 0 aliphatic rings. The predicted molar refractivity (Wildman–Crippen MR) is 62.2 cm³/mol. The van der Waals surface area contributed by atoms with Gasteiger partial charge in [-0.05, 0) is 35.2 Å². The van der Waals surface area contributed by atoms with Gasteiger partial charge in [0.1, 0.15) is 5.82 Å². The van der Waals surface area contributed by atoms with Gasteiger partial charge < -0.3 is 0 Å². The molecule has 0 amide bonds. The van der Waals surface area contributed by atoms with Crippen molar-refractivity contribution in [2.75, 3.05) is 0 Å². The number of hydrogen-bond acceptors (Lipinski definition) is 1. The van der Waals surface area contributed by atoms with Crippen LogP contribution < -0.4 is 0 Å². The molecule has 2 nitrogen and oxygen atoms in total. The van der Waals surface area contributed by atoms with E-state index in [0.29, 0.717) is 0 Å². The zero-order valence-electron chi connectivity index (χ0n) is 9.74. The SMILES string of the molecule is CC(C)(C)c1cnn(-c2ccc(F)cc2)c1. The Kier molecular flexibility index (Phi) is 2.54. The maximum absolute atomic E-state index is 12.8. The molecule has 84 valence electrons. The van der Waals surface area contributed by atoms with Crippen LogP contribution in [0.25, 0.3) is 5.69 Å². The zero-order chi connectivity index (χ0) is 11.8. The van der Waals surface area contributed by atoms with Gasteiger partial charge in [-0.1, -0.05) is 20.8 Å². The lowest BCUT2D eigenvalue weighted by atomic mass is 9.90. The Morgan fingerprint density at radius 1 is 1.12 bits per heavy atom. The zero-order valence-corrected chi connectivity index (χ0v) is 9.74. The highest BCUT2D eigenvalue weighted by molar-refractivity contribution is 5.32. The van der Waals surface area contributed by atoms with Crippen LogP contribution in [0.5, 0.6) is 0 Å². The molecule has 0 N–H and O–H groups in total. The van der Waals surface area contributed by atoms with E-state index < -0.39 is 0 Å². The van der Waals surface area contributed by atoms with Gasteiger partial charge in [0.15, 0.2) is 0 Å². The lowest BCUT2D eigenvalue weighted by Crippen LogP contribution is -2.09. The molecule has 0 radical (unpaired) electrons. The van der Waals surface area contributed by atoms with Gasteiger partial charge in [0.05, 0.1) is 11.9 Å². The average molecular weight is 218 g/mol. The van der Waals surface area contributed by atoms with Crippen molar-refractivity contribution < 1.29 is 4.39 Å². The smallest absolute Gasteiger partial charge is 0.123 e. The van der Waals surface area contributed by atoms with Crippen LogP contribution in [0.1, 0.15) is 26.3 Å². The van der Waals surface area contributed by atoms with E-state index in [2.05, 4.69) is 25.9 Å². The third-order valence-corrected chi connectivity index (χ3v) is 2.54. The number of hydrogen-bond donors (Lipinski definition) is 0. The highest BCUT2D eigenvalue weighted by Gasteiger charge is 2.15. The van der Waals surface area contributed by atoms with E-state index in [4.69, 9.17) is 0 Å². The molecule has 2 rings (SSSR count). The molecule has 1 heterocycles. The van der Waals surface area contributed by atoms with Crippen molar-refractivity contribution in [2.45, 2.75) is 26.2 Å². The second kappa shape index (κ2) is 3.74. The minimum absolute atomic E-state index is 0.0816. The van der Waals surface area contributed by atoms with Gasteiger partial charge in [0, 0.05) is 6.20 Å². The Balaban J connectivity index is 2.35. The molecule has 0 saturated heterocycles. The van der Waals surface area contributed by atoms with Crippen LogP contribution in [-0.2, 0) is 5.41 Å². The molecule has 3 heteroatoms. The van der Waals surface area contributed by atoms with E-state index in [1.807, 2.05) is 12.4 Å². The first-order valence-corrected chi connectivity index (χ1v) is 5.28. The standard InChI is InChI=1S/C13H15FN2/c1-13(2,3)10-8-15-16(9-10)12-6-4-11(14)5-7-12/h4-9H,1-3H3. The summed E-state index contributed by atoms with van der Waals surface area (Å²) < 4.78 is 14.5. The minimum Gasteiger partial charge on any atom is -0.241 e. The van der Waals surface area contributed by atoms with E-state index in [1.165, 1.54) is 12.1 Å².